The molecule has 1 rings (SSSR count). The SMILES string of the molecule is COc1cc(C(C)(C)NC(N)=S)ccc1NS(C)(=O)=O. The maximum atomic E-state index is 11.3. The van der Waals surface area contributed by atoms with Crippen molar-refractivity contribution in [3.63, 3.8) is 0 Å². The highest BCUT2D eigenvalue weighted by atomic mass is 32.2. The van der Waals surface area contributed by atoms with Crippen LogP contribution in [0.4, 0.5) is 5.69 Å². The molecular formula is C12H19N3O3S2. The molecule has 8 heteroatoms. The Kier molecular flexibility index (Phi) is 4.82. The van der Waals surface area contributed by atoms with Crippen molar-refractivity contribution in [3.05, 3.63) is 23.8 Å². The van der Waals surface area contributed by atoms with Gasteiger partial charge in [-0.3, -0.25) is 4.72 Å². The molecule has 0 atom stereocenters. The first-order valence-corrected chi connectivity index (χ1v) is 8.09. The first-order chi connectivity index (χ1) is 9.05. The Bertz CT molecular complexity index is 612. The Morgan fingerprint density at radius 3 is 2.45 bits per heavy atom. The highest BCUT2D eigenvalue weighted by molar-refractivity contribution is 7.92. The summed E-state index contributed by atoms with van der Waals surface area (Å²) in [6, 6.07) is 5.15. The van der Waals surface area contributed by atoms with E-state index in [1.54, 1.807) is 18.2 Å². The van der Waals surface area contributed by atoms with Crippen LogP contribution in [0.3, 0.4) is 0 Å². The van der Waals surface area contributed by atoms with E-state index >= 15 is 0 Å². The first kappa shape index (κ1) is 16.5. The van der Waals surface area contributed by atoms with Gasteiger partial charge in [-0.15, -0.1) is 0 Å². The average molecular weight is 317 g/mol. The van der Waals surface area contributed by atoms with Gasteiger partial charge in [-0.25, -0.2) is 8.42 Å². The summed E-state index contributed by atoms with van der Waals surface area (Å²) >= 11 is 4.85. The zero-order chi connectivity index (χ0) is 15.6. The lowest BCUT2D eigenvalue weighted by Gasteiger charge is -2.28. The Labute approximate surface area is 124 Å². The molecule has 1 aromatic rings. The minimum absolute atomic E-state index is 0.187. The van der Waals surface area contributed by atoms with Gasteiger partial charge in [-0.05, 0) is 43.8 Å². The van der Waals surface area contributed by atoms with Gasteiger partial charge in [-0.1, -0.05) is 6.07 Å². The quantitative estimate of drug-likeness (QED) is 0.705. The molecule has 0 aliphatic heterocycles. The Morgan fingerprint density at radius 2 is 2.00 bits per heavy atom. The molecule has 0 saturated heterocycles. The van der Waals surface area contributed by atoms with Crippen LogP contribution in [0.1, 0.15) is 19.4 Å². The van der Waals surface area contributed by atoms with E-state index in [1.807, 2.05) is 13.8 Å². The van der Waals surface area contributed by atoms with E-state index in [1.165, 1.54) is 7.11 Å². The summed E-state index contributed by atoms with van der Waals surface area (Å²) in [6.45, 7) is 3.81. The molecule has 112 valence electrons. The molecule has 0 bridgehead atoms. The number of rotatable bonds is 5. The van der Waals surface area contributed by atoms with Crippen LogP contribution in [0.15, 0.2) is 18.2 Å². The third-order valence-corrected chi connectivity index (χ3v) is 3.35. The van der Waals surface area contributed by atoms with Crippen LogP contribution in [0.25, 0.3) is 0 Å². The van der Waals surface area contributed by atoms with Gasteiger partial charge in [0.25, 0.3) is 0 Å². The maximum absolute atomic E-state index is 11.3. The third-order valence-electron chi connectivity index (χ3n) is 2.65. The molecule has 1 aromatic carbocycles. The molecule has 20 heavy (non-hydrogen) atoms. The summed E-state index contributed by atoms with van der Waals surface area (Å²) in [5.74, 6) is 0.422. The molecule has 0 aliphatic rings. The van der Waals surface area contributed by atoms with E-state index in [9.17, 15) is 8.42 Å². The van der Waals surface area contributed by atoms with Crippen LogP contribution in [0.5, 0.6) is 5.75 Å². The molecule has 0 fully saturated rings. The van der Waals surface area contributed by atoms with Crippen LogP contribution in [0, 0.1) is 0 Å². The van der Waals surface area contributed by atoms with Crippen LogP contribution >= 0.6 is 12.2 Å². The molecule has 0 amide bonds. The molecule has 0 heterocycles. The van der Waals surface area contributed by atoms with E-state index in [4.69, 9.17) is 22.7 Å². The zero-order valence-electron chi connectivity index (χ0n) is 11.9. The van der Waals surface area contributed by atoms with Crippen molar-refractivity contribution in [1.29, 1.82) is 0 Å². The van der Waals surface area contributed by atoms with Crippen molar-refractivity contribution in [3.8, 4) is 5.75 Å². The van der Waals surface area contributed by atoms with E-state index < -0.39 is 15.6 Å². The van der Waals surface area contributed by atoms with Gasteiger partial charge < -0.3 is 15.8 Å². The molecule has 0 aliphatic carbocycles. The fourth-order valence-electron chi connectivity index (χ4n) is 1.74. The molecule has 6 nitrogen and oxygen atoms in total. The third kappa shape index (κ3) is 4.53. The van der Waals surface area contributed by atoms with Gasteiger partial charge in [0.05, 0.1) is 24.6 Å². The Balaban J connectivity index is 3.18. The fraction of sp³-hybridized carbons (Fsp3) is 0.417. The van der Waals surface area contributed by atoms with Gasteiger partial charge in [0.15, 0.2) is 5.11 Å². The number of thiocarbonyl (C=S) groups is 1. The number of hydrogen-bond donors (Lipinski definition) is 3. The lowest BCUT2D eigenvalue weighted by Crippen LogP contribution is -2.43. The topological polar surface area (TPSA) is 93.4 Å². The number of nitrogens with one attached hydrogen (secondary N) is 2. The van der Waals surface area contributed by atoms with Crippen LogP contribution < -0.4 is 20.5 Å². The second-order valence-electron chi connectivity index (χ2n) is 4.90. The van der Waals surface area contributed by atoms with E-state index in [0.29, 0.717) is 11.4 Å². The van der Waals surface area contributed by atoms with Gasteiger partial charge in [0.2, 0.25) is 10.0 Å². The minimum atomic E-state index is -3.36. The molecule has 0 aromatic heterocycles. The van der Waals surface area contributed by atoms with Gasteiger partial charge in [-0.2, -0.15) is 0 Å². The Hall–Kier alpha value is -1.54. The van der Waals surface area contributed by atoms with Crippen molar-refractivity contribution in [2.45, 2.75) is 19.4 Å². The summed E-state index contributed by atoms with van der Waals surface area (Å²) in [7, 11) is -1.89. The summed E-state index contributed by atoms with van der Waals surface area (Å²) in [6.07, 6.45) is 1.08. The number of sulfonamides is 1. The first-order valence-electron chi connectivity index (χ1n) is 5.79. The predicted octanol–water partition coefficient (Wildman–Crippen LogP) is 1.14. The second kappa shape index (κ2) is 5.84. The van der Waals surface area contributed by atoms with Gasteiger partial charge in [0, 0.05) is 0 Å². The summed E-state index contributed by atoms with van der Waals surface area (Å²) in [5, 5.41) is 3.16. The van der Waals surface area contributed by atoms with Crippen LogP contribution in [0.2, 0.25) is 0 Å². The molecule has 0 spiro atoms. The van der Waals surface area contributed by atoms with E-state index in [-0.39, 0.29) is 5.11 Å². The smallest absolute Gasteiger partial charge is 0.229 e. The summed E-state index contributed by atoms with van der Waals surface area (Å²) < 4.78 is 30.2. The number of ether oxygens (including phenoxy) is 1. The van der Waals surface area contributed by atoms with Crippen molar-refractivity contribution < 1.29 is 13.2 Å². The summed E-state index contributed by atoms with van der Waals surface area (Å²) in [5.41, 5.74) is 6.24. The average Bonchev–Trinajstić information content (AvgIpc) is 2.25. The number of methoxy groups -OCH3 is 1. The number of nitrogens with two attached hydrogens (primary N) is 1. The molecule has 0 radical (unpaired) electrons. The number of hydrogen-bond acceptors (Lipinski definition) is 4. The van der Waals surface area contributed by atoms with Gasteiger partial charge in [0.1, 0.15) is 5.75 Å². The lowest BCUT2D eigenvalue weighted by atomic mass is 9.94. The van der Waals surface area contributed by atoms with Crippen molar-refractivity contribution in [2.75, 3.05) is 18.1 Å². The second-order valence-corrected chi connectivity index (χ2v) is 7.09. The number of benzene rings is 1. The predicted molar refractivity (Wildman–Crippen MR) is 84.4 cm³/mol. The van der Waals surface area contributed by atoms with Crippen molar-refractivity contribution in [1.82, 2.24) is 5.32 Å². The van der Waals surface area contributed by atoms with Crippen LogP contribution in [-0.4, -0.2) is 26.9 Å². The monoisotopic (exact) mass is 317 g/mol. The standard InChI is InChI=1S/C12H19N3O3S2/c1-12(2,14-11(13)19)8-5-6-9(10(7-8)18-3)15-20(4,16)17/h5-7,15H,1-4H3,(H3,13,14,19). The van der Waals surface area contributed by atoms with Crippen molar-refractivity contribution in [2.24, 2.45) is 5.73 Å². The fourth-order valence-corrected chi connectivity index (χ4v) is 2.57. The normalized spacial score (nSPS) is 11.8. The highest BCUT2D eigenvalue weighted by Crippen LogP contribution is 2.31. The van der Waals surface area contributed by atoms with E-state index in [2.05, 4.69) is 10.0 Å². The largest absolute Gasteiger partial charge is 0.495 e. The summed E-state index contributed by atoms with van der Waals surface area (Å²) in [4.78, 5) is 0. The van der Waals surface area contributed by atoms with Crippen LogP contribution in [-0.2, 0) is 15.6 Å². The zero-order valence-corrected chi connectivity index (χ0v) is 13.5. The Morgan fingerprint density at radius 1 is 1.40 bits per heavy atom. The molecule has 4 N–H and O–H groups in total. The number of anilines is 1. The lowest BCUT2D eigenvalue weighted by molar-refractivity contribution is 0.412. The van der Waals surface area contributed by atoms with Gasteiger partial charge >= 0.3 is 0 Å². The highest BCUT2D eigenvalue weighted by Gasteiger charge is 2.22. The molecule has 0 unspecified atom stereocenters. The van der Waals surface area contributed by atoms with Crippen molar-refractivity contribution >= 4 is 33.0 Å². The maximum Gasteiger partial charge on any atom is 0.229 e. The van der Waals surface area contributed by atoms with E-state index in [0.717, 1.165) is 11.8 Å². The minimum Gasteiger partial charge on any atom is -0.495 e. The molecular weight excluding hydrogens is 298 g/mol. The molecule has 0 saturated carbocycles.